The van der Waals surface area contributed by atoms with E-state index < -0.39 is 85.1 Å². The zero-order valence-electron chi connectivity index (χ0n) is 21.9. The van der Waals surface area contributed by atoms with E-state index in [-0.39, 0.29) is 31.6 Å². The van der Waals surface area contributed by atoms with Crippen LogP contribution in [-0.2, 0) is 40.0 Å². The average molecular weight is 580 g/mol. The minimum Gasteiger partial charge on any atom is -0.508 e. The zero-order chi connectivity index (χ0) is 30.7. The first-order valence-corrected chi connectivity index (χ1v) is 12.7. The molecule has 41 heavy (non-hydrogen) atoms. The van der Waals surface area contributed by atoms with Crippen LogP contribution in [0, 0.1) is 0 Å². The van der Waals surface area contributed by atoms with Crippen molar-refractivity contribution in [3.05, 3.63) is 29.8 Å². The number of phenols is 1. The standard InChI is InChI=1S/C25H33N5O11/c26-15(10-13-3-5-14(31)6-4-13)22(37)29-16(7-8-20(33)34)23(38)27-12-19(32)28-17(11-21(35)36)24(39)30-9-1-2-18(30)25(40)41/h3-6,15-18,31H,1-2,7-12,26H2,(H,27,38)(H,28,32)(H,29,37)(H,33,34)(H,35,36)(H,40,41)/t15-,16-,17-,18-/m0/s1. The van der Waals surface area contributed by atoms with Crippen molar-refractivity contribution in [1.29, 1.82) is 0 Å². The van der Waals surface area contributed by atoms with Gasteiger partial charge in [-0.25, -0.2) is 4.79 Å². The highest BCUT2D eigenvalue weighted by molar-refractivity contribution is 5.95. The number of carbonyl (C=O) groups excluding carboxylic acids is 4. The molecule has 1 aromatic rings. The van der Waals surface area contributed by atoms with Crippen molar-refractivity contribution in [3.8, 4) is 5.75 Å². The summed E-state index contributed by atoms with van der Waals surface area (Å²) in [6, 6.07) is 0.608. The number of hydrogen-bond donors (Lipinski definition) is 8. The Hall–Kier alpha value is -4.73. The van der Waals surface area contributed by atoms with Gasteiger partial charge < -0.3 is 47.0 Å². The molecule has 16 nitrogen and oxygen atoms in total. The number of carbonyl (C=O) groups is 7. The first-order chi connectivity index (χ1) is 19.3. The molecule has 0 saturated carbocycles. The van der Waals surface area contributed by atoms with Gasteiger partial charge >= 0.3 is 17.9 Å². The van der Waals surface area contributed by atoms with E-state index in [2.05, 4.69) is 16.0 Å². The maximum absolute atomic E-state index is 12.8. The van der Waals surface area contributed by atoms with Gasteiger partial charge in [0.2, 0.25) is 23.6 Å². The maximum atomic E-state index is 12.8. The maximum Gasteiger partial charge on any atom is 0.326 e. The number of nitrogens with two attached hydrogens (primary N) is 1. The number of amides is 4. The number of nitrogens with one attached hydrogen (secondary N) is 3. The lowest BCUT2D eigenvalue weighted by Crippen LogP contribution is -2.55. The molecule has 1 aliphatic rings. The lowest BCUT2D eigenvalue weighted by molar-refractivity contribution is -0.150. The monoisotopic (exact) mass is 579 g/mol. The van der Waals surface area contributed by atoms with Crippen LogP contribution in [0.5, 0.6) is 5.75 Å². The van der Waals surface area contributed by atoms with Crippen LogP contribution in [0.25, 0.3) is 0 Å². The summed E-state index contributed by atoms with van der Waals surface area (Å²) in [4.78, 5) is 85.4. The Bertz CT molecular complexity index is 1160. The highest BCUT2D eigenvalue weighted by atomic mass is 16.4. The van der Waals surface area contributed by atoms with Crippen molar-refractivity contribution in [1.82, 2.24) is 20.9 Å². The molecule has 0 unspecified atom stereocenters. The Morgan fingerprint density at radius 2 is 1.59 bits per heavy atom. The van der Waals surface area contributed by atoms with Crippen LogP contribution in [0.4, 0.5) is 0 Å². The van der Waals surface area contributed by atoms with Gasteiger partial charge in [-0.3, -0.25) is 28.8 Å². The van der Waals surface area contributed by atoms with Crippen molar-refractivity contribution in [2.45, 2.75) is 62.7 Å². The molecule has 0 aromatic heterocycles. The second kappa shape index (κ2) is 15.2. The Morgan fingerprint density at radius 1 is 0.927 bits per heavy atom. The molecule has 9 N–H and O–H groups in total. The molecular weight excluding hydrogens is 546 g/mol. The van der Waals surface area contributed by atoms with Gasteiger partial charge in [-0.1, -0.05) is 12.1 Å². The lowest BCUT2D eigenvalue weighted by atomic mass is 10.0. The largest absolute Gasteiger partial charge is 0.508 e. The lowest BCUT2D eigenvalue weighted by Gasteiger charge is -2.26. The van der Waals surface area contributed by atoms with Gasteiger partial charge in [0.25, 0.3) is 0 Å². The SMILES string of the molecule is N[C@@H](Cc1ccc(O)cc1)C(=O)N[C@@H](CCC(=O)O)C(=O)NCC(=O)N[C@@H](CC(=O)O)C(=O)N1CCC[C@H]1C(=O)O. The average Bonchev–Trinajstić information content (AvgIpc) is 3.40. The summed E-state index contributed by atoms with van der Waals surface area (Å²) in [7, 11) is 0. The van der Waals surface area contributed by atoms with Crippen LogP contribution in [0.2, 0.25) is 0 Å². The summed E-state index contributed by atoms with van der Waals surface area (Å²) in [6.07, 6.45) is -1.08. The van der Waals surface area contributed by atoms with E-state index in [1.165, 1.54) is 12.1 Å². The summed E-state index contributed by atoms with van der Waals surface area (Å²) in [5.41, 5.74) is 6.52. The summed E-state index contributed by atoms with van der Waals surface area (Å²) in [5, 5.41) is 43.6. The molecule has 2 rings (SSSR count). The minimum atomic E-state index is -1.60. The minimum absolute atomic E-state index is 0.0142. The number of aromatic hydroxyl groups is 1. The predicted octanol–water partition coefficient (Wildman–Crippen LogP) is -2.24. The molecule has 1 heterocycles. The van der Waals surface area contributed by atoms with E-state index in [9.17, 15) is 48.9 Å². The third-order valence-corrected chi connectivity index (χ3v) is 6.26. The van der Waals surface area contributed by atoms with Crippen LogP contribution >= 0.6 is 0 Å². The van der Waals surface area contributed by atoms with Crippen LogP contribution in [0.15, 0.2) is 24.3 Å². The molecule has 4 amide bonds. The van der Waals surface area contributed by atoms with E-state index in [0.717, 1.165) is 4.90 Å². The molecule has 0 radical (unpaired) electrons. The van der Waals surface area contributed by atoms with E-state index >= 15 is 0 Å². The Labute approximate surface area is 233 Å². The quantitative estimate of drug-likeness (QED) is 0.110. The van der Waals surface area contributed by atoms with Gasteiger partial charge in [0, 0.05) is 13.0 Å². The number of aliphatic carboxylic acids is 3. The summed E-state index contributed by atoms with van der Waals surface area (Å²) in [5.74, 6) is -7.51. The summed E-state index contributed by atoms with van der Waals surface area (Å²) < 4.78 is 0. The fourth-order valence-electron chi connectivity index (χ4n) is 4.19. The molecule has 224 valence electrons. The predicted molar refractivity (Wildman–Crippen MR) is 138 cm³/mol. The van der Waals surface area contributed by atoms with E-state index in [4.69, 9.17) is 10.8 Å². The first kappa shape index (κ1) is 32.5. The topological polar surface area (TPSA) is 266 Å². The number of carboxylic acid groups (broad SMARTS) is 3. The molecule has 1 aromatic carbocycles. The van der Waals surface area contributed by atoms with Gasteiger partial charge in [0.15, 0.2) is 0 Å². The Balaban J connectivity index is 2.01. The van der Waals surface area contributed by atoms with Crippen molar-refractivity contribution >= 4 is 41.5 Å². The Morgan fingerprint density at radius 3 is 2.17 bits per heavy atom. The number of rotatable bonds is 15. The van der Waals surface area contributed by atoms with Gasteiger partial charge in [-0.05, 0) is 43.4 Å². The summed E-state index contributed by atoms with van der Waals surface area (Å²) in [6.45, 7) is -0.693. The number of likely N-dealkylation sites (tertiary alicyclic amines) is 1. The fourth-order valence-corrected chi connectivity index (χ4v) is 4.19. The number of phenolic OH excluding ortho intramolecular Hbond substituents is 1. The number of nitrogens with zero attached hydrogens (tertiary/aromatic N) is 1. The number of benzene rings is 1. The molecule has 1 aliphatic heterocycles. The van der Waals surface area contributed by atoms with Gasteiger partial charge in [-0.2, -0.15) is 0 Å². The number of carboxylic acids is 3. The second-order valence-corrected chi connectivity index (χ2v) is 9.43. The van der Waals surface area contributed by atoms with E-state index in [1.54, 1.807) is 12.1 Å². The molecular formula is C25H33N5O11. The van der Waals surface area contributed by atoms with Crippen molar-refractivity contribution in [2.75, 3.05) is 13.1 Å². The van der Waals surface area contributed by atoms with Gasteiger partial charge in [0.1, 0.15) is 23.9 Å². The van der Waals surface area contributed by atoms with Crippen LogP contribution in [0.3, 0.4) is 0 Å². The Kier molecular flexibility index (Phi) is 12.0. The second-order valence-electron chi connectivity index (χ2n) is 9.43. The zero-order valence-corrected chi connectivity index (χ0v) is 21.9. The van der Waals surface area contributed by atoms with Gasteiger partial charge in [0.05, 0.1) is 19.0 Å². The van der Waals surface area contributed by atoms with E-state index in [0.29, 0.717) is 12.0 Å². The highest BCUT2D eigenvalue weighted by Gasteiger charge is 2.38. The normalized spacial score (nSPS) is 16.6. The highest BCUT2D eigenvalue weighted by Crippen LogP contribution is 2.19. The summed E-state index contributed by atoms with van der Waals surface area (Å²) >= 11 is 0. The van der Waals surface area contributed by atoms with E-state index in [1.807, 2.05) is 0 Å². The van der Waals surface area contributed by atoms with Crippen molar-refractivity contribution in [3.63, 3.8) is 0 Å². The van der Waals surface area contributed by atoms with Crippen molar-refractivity contribution < 1.29 is 54.0 Å². The fraction of sp³-hybridized carbons (Fsp3) is 0.480. The molecule has 0 bridgehead atoms. The van der Waals surface area contributed by atoms with Crippen LogP contribution < -0.4 is 21.7 Å². The van der Waals surface area contributed by atoms with Crippen LogP contribution in [-0.4, -0.2) is 104 Å². The van der Waals surface area contributed by atoms with Gasteiger partial charge in [-0.15, -0.1) is 0 Å². The third kappa shape index (κ3) is 10.4. The van der Waals surface area contributed by atoms with Crippen LogP contribution in [0.1, 0.15) is 37.7 Å². The molecule has 0 spiro atoms. The third-order valence-electron chi connectivity index (χ3n) is 6.26. The molecule has 1 fully saturated rings. The first-order valence-electron chi connectivity index (χ1n) is 12.7. The number of hydrogen-bond acceptors (Lipinski definition) is 9. The van der Waals surface area contributed by atoms with Crippen molar-refractivity contribution in [2.24, 2.45) is 5.73 Å². The smallest absolute Gasteiger partial charge is 0.326 e. The molecule has 1 saturated heterocycles. The molecule has 4 atom stereocenters. The molecule has 0 aliphatic carbocycles. The molecule has 16 heteroatoms.